The van der Waals surface area contributed by atoms with Crippen molar-refractivity contribution in [2.45, 2.75) is 6.92 Å². The fourth-order valence-corrected chi connectivity index (χ4v) is 1.28. The summed E-state index contributed by atoms with van der Waals surface area (Å²) in [5.74, 6) is 0.562. The van der Waals surface area contributed by atoms with E-state index in [4.69, 9.17) is 10.5 Å². The Labute approximate surface area is 89.6 Å². The third kappa shape index (κ3) is 2.70. The molecule has 82 valence electrons. The van der Waals surface area contributed by atoms with Gasteiger partial charge in [-0.2, -0.15) is 0 Å². The van der Waals surface area contributed by atoms with Crippen LogP contribution in [0.3, 0.4) is 0 Å². The topological polar surface area (TPSA) is 55.6 Å². The number of benzene rings is 1. The van der Waals surface area contributed by atoms with Gasteiger partial charge in [0.25, 0.3) is 0 Å². The van der Waals surface area contributed by atoms with Gasteiger partial charge in [0.2, 0.25) is 5.91 Å². The molecule has 4 nitrogen and oxygen atoms in total. The van der Waals surface area contributed by atoms with Crippen LogP contribution in [-0.2, 0) is 4.79 Å². The molecule has 0 heterocycles. The number of carbonyl (C=O) groups excluding carboxylic acids is 1. The standard InChI is InChI=1S/C11H16N2O2/c1-3-15-10-7-5-4-6-9(10)13(2)11(14)8-12/h4-7H,3,8,12H2,1-2H3. The van der Waals surface area contributed by atoms with E-state index in [-0.39, 0.29) is 12.5 Å². The Hall–Kier alpha value is -1.55. The number of nitrogens with two attached hydrogens (primary N) is 1. The molecule has 1 aromatic carbocycles. The summed E-state index contributed by atoms with van der Waals surface area (Å²) in [6.07, 6.45) is 0. The van der Waals surface area contributed by atoms with Crippen molar-refractivity contribution in [3.8, 4) is 5.75 Å². The lowest BCUT2D eigenvalue weighted by Gasteiger charge is -2.19. The van der Waals surface area contributed by atoms with E-state index in [9.17, 15) is 4.79 Å². The van der Waals surface area contributed by atoms with Gasteiger partial charge in [0.05, 0.1) is 18.8 Å². The molecule has 15 heavy (non-hydrogen) atoms. The molecule has 0 unspecified atom stereocenters. The summed E-state index contributed by atoms with van der Waals surface area (Å²) in [6, 6.07) is 7.39. The number of carbonyl (C=O) groups is 1. The minimum absolute atomic E-state index is 0.00302. The molecular formula is C11H16N2O2. The lowest BCUT2D eigenvalue weighted by Crippen LogP contribution is -2.32. The maximum Gasteiger partial charge on any atom is 0.240 e. The highest BCUT2D eigenvalue weighted by Crippen LogP contribution is 2.26. The first kappa shape index (κ1) is 11.5. The highest BCUT2D eigenvalue weighted by atomic mass is 16.5. The van der Waals surface area contributed by atoms with E-state index in [1.54, 1.807) is 7.05 Å². The number of ether oxygens (including phenoxy) is 1. The van der Waals surface area contributed by atoms with Gasteiger partial charge in [-0.05, 0) is 19.1 Å². The zero-order valence-corrected chi connectivity index (χ0v) is 9.06. The molecule has 0 spiro atoms. The van der Waals surface area contributed by atoms with Crippen molar-refractivity contribution in [2.75, 3.05) is 25.1 Å². The molecule has 0 saturated carbocycles. The molecule has 2 N–H and O–H groups in total. The van der Waals surface area contributed by atoms with Crippen molar-refractivity contribution in [3.63, 3.8) is 0 Å². The Balaban J connectivity index is 2.96. The SMILES string of the molecule is CCOc1ccccc1N(C)C(=O)CN. The number of hydrogen-bond acceptors (Lipinski definition) is 3. The van der Waals surface area contributed by atoms with Crippen LogP contribution in [0.15, 0.2) is 24.3 Å². The molecule has 4 heteroatoms. The average Bonchev–Trinajstić information content (AvgIpc) is 2.28. The molecule has 1 aromatic rings. The average molecular weight is 208 g/mol. The van der Waals surface area contributed by atoms with Gasteiger partial charge in [0.15, 0.2) is 0 Å². The van der Waals surface area contributed by atoms with E-state index in [1.807, 2.05) is 31.2 Å². The monoisotopic (exact) mass is 208 g/mol. The van der Waals surface area contributed by atoms with Gasteiger partial charge in [-0.3, -0.25) is 4.79 Å². The zero-order chi connectivity index (χ0) is 11.3. The number of amides is 1. The molecule has 0 aliphatic heterocycles. The first-order valence-corrected chi connectivity index (χ1v) is 4.89. The summed E-state index contributed by atoms with van der Waals surface area (Å²) in [5, 5.41) is 0. The summed E-state index contributed by atoms with van der Waals surface area (Å²) in [7, 11) is 1.69. The quantitative estimate of drug-likeness (QED) is 0.803. The molecule has 1 rings (SSSR count). The number of likely N-dealkylation sites (N-methyl/N-ethyl adjacent to an activating group) is 1. The van der Waals surface area contributed by atoms with Gasteiger partial charge >= 0.3 is 0 Å². The first-order chi connectivity index (χ1) is 7.20. The second-order valence-electron chi connectivity index (χ2n) is 3.06. The Kier molecular flexibility index (Phi) is 4.12. The number of nitrogens with zero attached hydrogens (tertiary/aromatic N) is 1. The second-order valence-corrected chi connectivity index (χ2v) is 3.06. The predicted molar refractivity (Wildman–Crippen MR) is 60.1 cm³/mol. The maximum absolute atomic E-state index is 11.4. The van der Waals surface area contributed by atoms with Crippen LogP contribution in [0.1, 0.15) is 6.92 Å². The van der Waals surface area contributed by atoms with Crippen LogP contribution in [0, 0.1) is 0 Å². The molecule has 0 aliphatic carbocycles. The smallest absolute Gasteiger partial charge is 0.240 e. The summed E-state index contributed by atoms with van der Waals surface area (Å²) >= 11 is 0. The molecule has 0 saturated heterocycles. The summed E-state index contributed by atoms with van der Waals surface area (Å²) in [6.45, 7) is 2.47. The molecule has 0 bridgehead atoms. The van der Waals surface area contributed by atoms with Crippen LogP contribution < -0.4 is 15.4 Å². The first-order valence-electron chi connectivity index (χ1n) is 4.89. The predicted octanol–water partition coefficient (Wildman–Crippen LogP) is 1.01. The maximum atomic E-state index is 11.4. The molecule has 1 amide bonds. The number of para-hydroxylation sites is 2. The van der Waals surface area contributed by atoms with Crippen molar-refractivity contribution in [3.05, 3.63) is 24.3 Å². The Morgan fingerprint density at radius 2 is 2.13 bits per heavy atom. The minimum atomic E-state index is -0.137. The highest BCUT2D eigenvalue weighted by Gasteiger charge is 2.12. The number of hydrogen-bond donors (Lipinski definition) is 1. The molecule has 0 radical (unpaired) electrons. The van der Waals surface area contributed by atoms with E-state index in [0.29, 0.717) is 12.4 Å². The third-order valence-corrected chi connectivity index (χ3v) is 2.08. The Bertz CT molecular complexity index is 339. The van der Waals surface area contributed by atoms with Crippen molar-refractivity contribution in [1.29, 1.82) is 0 Å². The lowest BCUT2D eigenvalue weighted by atomic mass is 10.2. The van der Waals surface area contributed by atoms with Crippen LogP contribution in [0.25, 0.3) is 0 Å². The van der Waals surface area contributed by atoms with Crippen LogP contribution in [-0.4, -0.2) is 26.1 Å². The van der Waals surface area contributed by atoms with Crippen molar-refractivity contribution in [1.82, 2.24) is 0 Å². The van der Waals surface area contributed by atoms with Crippen LogP contribution in [0.2, 0.25) is 0 Å². The van der Waals surface area contributed by atoms with Gasteiger partial charge in [0.1, 0.15) is 5.75 Å². The van der Waals surface area contributed by atoms with Crippen LogP contribution in [0.4, 0.5) is 5.69 Å². The van der Waals surface area contributed by atoms with E-state index >= 15 is 0 Å². The van der Waals surface area contributed by atoms with Gasteiger partial charge in [0, 0.05) is 7.05 Å². The van der Waals surface area contributed by atoms with E-state index in [1.165, 1.54) is 4.90 Å². The van der Waals surface area contributed by atoms with Crippen molar-refractivity contribution in [2.24, 2.45) is 5.73 Å². The van der Waals surface area contributed by atoms with E-state index in [0.717, 1.165) is 5.69 Å². The van der Waals surface area contributed by atoms with Crippen LogP contribution >= 0.6 is 0 Å². The fraction of sp³-hybridized carbons (Fsp3) is 0.364. The number of rotatable bonds is 4. The van der Waals surface area contributed by atoms with Crippen molar-refractivity contribution >= 4 is 11.6 Å². The molecule has 0 fully saturated rings. The minimum Gasteiger partial charge on any atom is -0.492 e. The second kappa shape index (κ2) is 5.36. The fourth-order valence-electron chi connectivity index (χ4n) is 1.28. The molecule has 0 atom stereocenters. The zero-order valence-electron chi connectivity index (χ0n) is 9.06. The molecule has 0 aliphatic rings. The lowest BCUT2D eigenvalue weighted by molar-refractivity contribution is -0.117. The van der Waals surface area contributed by atoms with E-state index < -0.39 is 0 Å². The number of anilines is 1. The third-order valence-electron chi connectivity index (χ3n) is 2.08. The largest absolute Gasteiger partial charge is 0.492 e. The highest BCUT2D eigenvalue weighted by molar-refractivity contribution is 5.95. The summed E-state index contributed by atoms with van der Waals surface area (Å²) < 4.78 is 5.42. The Morgan fingerprint density at radius 1 is 1.47 bits per heavy atom. The normalized spacial score (nSPS) is 9.80. The molecular weight excluding hydrogens is 192 g/mol. The van der Waals surface area contributed by atoms with Gasteiger partial charge < -0.3 is 15.4 Å². The van der Waals surface area contributed by atoms with E-state index in [2.05, 4.69) is 0 Å². The van der Waals surface area contributed by atoms with Crippen LogP contribution in [0.5, 0.6) is 5.75 Å². The summed E-state index contributed by atoms with van der Waals surface area (Å²) in [5.41, 5.74) is 6.05. The Morgan fingerprint density at radius 3 is 2.73 bits per heavy atom. The summed E-state index contributed by atoms with van der Waals surface area (Å²) in [4.78, 5) is 12.9. The van der Waals surface area contributed by atoms with Gasteiger partial charge in [-0.25, -0.2) is 0 Å². The van der Waals surface area contributed by atoms with Crippen molar-refractivity contribution < 1.29 is 9.53 Å². The molecule has 0 aromatic heterocycles. The van der Waals surface area contributed by atoms with Gasteiger partial charge in [-0.15, -0.1) is 0 Å². The van der Waals surface area contributed by atoms with Gasteiger partial charge in [-0.1, -0.05) is 12.1 Å².